The summed E-state index contributed by atoms with van der Waals surface area (Å²) in [6, 6.07) is 16.8. The van der Waals surface area contributed by atoms with Crippen LogP contribution in [0.15, 0.2) is 61.2 Å². The van der Waals surface area contributed by atoms with Crippen LogP contribution in [0.25, 0.3) is 5.57 Å². The predicted octanol–water partition coefficient (Wildman–Crippen LogP) is 4.19. The van der Waals surface area contributed by atoms with Crippen LogP contribution in [0.5, 0.6) is 0 Å². The Bertz CT molecular complexity index is 531. The van der Waals surface area contributed by atoms with E-state index < -0.39 is 0 Å². The lowest BCUT2D eigenvalue weighted by molar-refractivity contribution is 0.608. The molecule has 0 fully saturated rings. The summed E-state index contributed by atoms with van der Waals surface area (Å²) < 4.78 is 12.9. The van der Waals surface area contributed by atoms with Crippen LogP contribution in [0.2, 0.25) is 0 Å². The van der Waals surface area contributed by atoms with Gasteiger partial charge in [0.15, 0.2) is 0 Å². The molecule has 0 aliphatic rings. The van der Waals surface area contributed by atoms with Crippen LogP contribution in [0.4, 0.5) is 4.39 Å². The number of benzene rings is 2. The summed E-state index contributed by atoms with van der Waals surface area (Å²) in [5.41, 5.74) is 3.26. The minimum atomic E-state index is -0.204. The smallest absolute Gasteiger partial charge is 0.123 e. The molecule has 0 radical (unpaired) electrons. The fourth-order valence-electron chi connectivity index (χ4n) is 1.92. The number of halogens is 1. The van der Waals surface area contributed by atoms with Crippen molar-refractivity contribution in [2.75, 3.05) is 6.54 Å². The zero-order valence-electron chi connectivity index (χ0n) is 11.1. The second-order valence-electron chi connectivity index (χ2n) is 4.62. The first kappa shape index (κ1) is 13.5. The fourth-order valence-corrected chi connectivity index (χ4v) is 1.92. The van der Waals surface area contributed by atoms with Crippen LogP contribution in [-0.2, 0) is 0 Å². The zero-order valence-corrected chi connectivity index (χ0v) is 11.1. The third-order valence-corrected chi connectivity index (χ3v) is 3.17. The van der Waals surface area contributed by atoms with Gasteiger partial charge in [0.1, 0.15) is 5.82 Å². The highest BCUT2D eigenvalue weighted by Gasteiger charge is 2.06. The van der Waals surface area contributed by atoms with Crippen molar-refractivity contribution in [3.05, 3.63) is 78.1 Å². The Hall–Kier alpha value is -1.93. The highest BCUT2D eigenvalue weighted by atomic mass is 19.1. The molecule has 2 rings (SSSR count). The molecule has 0 aromatic heterocycles. The molecule has 0 heterocycles. The van der Waals surface area contributed by atoms with Gasteiger partial charge in [0.05, 0.1) is 0 Å². The third-order valence-electron chi connectivity index (χ3n) is 3.17. The lowest BCUT2D eigenvalue weighted by Crippen LogP contribution is -2.20. The highest BCUT2D eigenvalue weighted by Crippen LogP contribution is 2.15. The van der Waals surface area contributed by atoms with Crippen molar-refractivity contribution in [2.24, 2.45) is 0 Å². The molecule has 2 aromatic carbocycles. The maximum absolute atomic E-state index is 12.9. The predicted molar refractivity (Wildman–Crippen MR) is 78.3 cm³/mol. The summed E-state index contributed by atoms with van der Waals surface area (Å²) >= 11 is 0. The van der Waals surface area contributed by atoms with E-state index in [1.807, 2.05) is 30.3 Å². The fraction of sp³-hybridized carbons (Fsp3) is 0.176. The minimum absolute atomic E-state index is 0.168. The average Bonchev–Trinajstić information content (AvgIpc) is 2.46. The van der Waals surface area contributed by atoms with Gasteiger partial charge in [-0.1, -0.05) is 49.0 Å². The Labute approximate surface area is 113 Å². The van der Waals surface area contributed by atoms with Gasteiger partial charge in [0, 0.05) is 12.6 Å². The Morgan fingerprint density at radius 1 is 1.11 bits per heavy atom. The van der Waals surface area contributed by atoms with E-state index in [4.69, 9.17) is 0 Å². The van der Waals surface area contributed by atoms with E-state index >= 15 is 0 Å². The van der Waals surface area contributed by atoms with Gasteiger partial charge in [-0.2, -0.15) is 0 Å². The topological polar surface area (TPSA) is 12.0 Å². The van der Waals surface area contributed by atoms with Crippen molar-refractivity contribution in [3.8, 4) is 0 Å². The molecule has 1 atom stereocenters. The van der Waals surface area contributed by atoms with E-state index in [0.29, 0.717) is 6.54 Å². The first-order chi connectivity index (χ1) is 9.16. The number of rotatable bonds is 5. The molecule has 0 unspecified atom stereocenters. The molecule has 1 N–H and O–H groups in total. The molecule has 0 bridgehead atoms. The quantitative estimate of drug-likeness (QED) is 0.844. The van der Waals surface area contributed by atoms with Crippen molar-refractivity contribution < 1.29 is 4.39 Å². The van der Waals surface area contributed by atoms with Gasteiger partial charge in [-0.05, 0) is 35.8 Å². The number of nitrogens with one attached hydrogen (secondary N) is 1. The maximum Gasteiger partial charge on any atom is 0.123 e. The first-order valence-corrected chi connectivity index (χ1v) is 6.39. The monoisotopic (exact) mass is 255 g/mol. The maximum atomic E-state index is 12.9. The SMILES string of the molecule is C=C(CN[C@H](C)c1ccc(F)cc1)c1ccccc1. The van der Waals surface area contributed by atoms with Gasteiger partial charge >= 0.3 is 0 Å². The van der Waals surface area contributed by atoms with E-state index in [2.05, 4.69) is 18.8 Å². The van der Waals surface area contributed by atoms with E-state index in [-0.39, 0.29) is 11.9 Å². The number of hydrogen-bond acceptors (Lipinski definition) is 1. The second-order valence-corrected chi connectivity index (χ2v) is 4.62. The lowest BCUT2D eigenvalue weighted by Gasteiger charge is -2.15. The van der Waals surface area contributed by atoms with Crippen LogP contribution < -0.4 is 5.32 Å². The molecule has 2 heteroatoms. The van der Waals surface area contributed by atoms with Crippen molar-refractivity contribution >= 4 is 5.57 Å². The largest absolute Gasteiger partial charge is 0.306 e. The summed E-state index contributed by atoms with van der Waals surface area (Å²) in [6.45, 7) is 6.85. The second kappa shape index (κ2) is 6.30. The van der Waals surface area contributed by atoms with E-state index in [1.54, 1.807) is 12.1 Å². The van der Waals surface area contributed by atoms with Gasteiger partial charge in [-0.25, -0.2) is 4.39 Å². The van der Waals surface area contributed by atoms with Crippen LogP contribution in [0.1, 0.15) is 24.1 Å². The zero-order chi connectivity index (χ0) is 13.7. The van der Waals surface area contributed by atoms with Crippen LogP contribution >= 0.6 is 0 Å². The Balaban J connectivity index is 1.92. The minimum Gasteiger partial charge on any atom is -0.306 e. The third kappa shape index (κ3) is 3.76. The van der Waals surface area contributed by atoms with Gasteiger partial charge in [-0.15, -0.1) is 0 Å². The summed E-state index contributed by atoms with van der Waals surface area (Å²) in [5.74, 6) is -0.204. The Morgan fingerprint density at radius 3 is 2.37 bits per heavy atom. The molecule has 98 valence electrons. The molecule has 0 amide bonds. The van der Waals surface area contributed by atoms with Crippen molar-refractivity contribution in [3.63, 3.8) is 0 Å². The standard InChI is InChI=1S/C17H18FN/c1-13(15-6-4-3-5-7-15)12-19-14(2)16-8-10-17(18)11-9-16/h3-11,14,19H,1,12H2,2H3/t14-/m1/s1. The molecule has 2 aromatic rings. The summed E-state index contributed by atoms with van der Waals surface area (Å²) in [7, 11) is 0. The molecular formula is C17H18FN. The van der Waals surface area contributed by atoms with Crippen molar-refractivity contribution in [1.29, 1.82) is 0 Å². The first-order valence-electron chi connectivity index (χ1n) is 6.39. The molecule has 0 saturated heterocycles. The number of hydrogen-bond donors (Lipinski definition) is 1. The van der Waals surface area contributed by atoms with Gasteiger partial charge in [-0.3, -0.25) is 0 Å². The van der Waals surface area contributed by atoms with Crippen molar-refractivity contribution in [1.82, 2.24) is 5.32 Å². The molecule has 0 aliphatic heterocycles. The average molecular weight is 255 g/mol. The van der Waals surface area contributed by atoms with Gasteiger partial charge < -0.3 is 5.32 Å². The molecule has 1 nitrogen and oxygen atoms in total. The van der Waals surface area contributed by atoms with E-state index in [0.717, 1.165) is 16.7 Å². The van der Waals surface area contributed by atoms with Crippen LogP contribution in [-0.4, -0.2) is 6.54 Å². The summed E-state index contributed by atoms with van der Waals surface area (Å²) in [4.78, 5) is 0. The van der Waals surface area contributed by atoms with E-state index in [9.17, 15) is 4.39 Å². The molecule has 0 aliphatic carbocycles. The van der Waals surface area contributed by atoms with Gasteiger partial charge in [0.2, 0.25) is 0 Å². The molecule has 19 heavy (non-hydrogen) atoms. The van der Waals surface area contributed by atoms with Crippen LogP contribution in [0, 0.1) is 5.82 Å². The Morgan fingerprint density at radius 2 is 1.74 bits per heavy atom. The lowest BCUT2D eigenvalue weighted by atomic mass is 10.1. The molecular weight excluding hydrogens is 237 g/mol. The normalized spacial score (nSPS) is 12.1. The van der Waals surface area contributed by atoms with Gasteiger partial charge in [0.25, 0.3) is 0 Å². The van der Waals surface area contributed by atoms with Crippen LogP contribution in [0.3, 0.4) is 0 Å². The summed E-state index contributed by atoms with van der Waals surface area (Å²) in [5, 5.41) is 3.39. The Kier molecular flexibility index (Phi) is 4.48. The summed E-state index contributed by atoms with van der Waals surface area (Å²) in [6.07, 6.45) is 0. The molecule has 0 saturated carbocycles. The molecule has 0 spiro atoms. The van der Waals surface area contributed by atoms with E-state index in [1.165, 1.54) is 12.1 Å². The van der Waals surface area contributed by atoms with Crippen molar-refractivity contribution in [2.45, 2.75) is 13.0 Å². The highest BCUT2D eigenvalue weighted by molar-refractivity contribution is 5.64.